The van der Waals surface area contributed by atoms with E-state index in [1.165, 1.54) is 0 Å². The molecule has 1 aliphatic rings. The van der Waals surface area contributed by atoms with Crippen LogP contribution in [0.25, 0.3) is 0 Å². The van der Waals surface area contributed by atoms with Gasteiger partial charge < -0.3 is 16.0 Å². The Morgan fingerprint density at radius 2 is 1.96 bits per heavy atom. The van der Waals surface area contributed by atoms with Gasteiger partial charge in [-0.3, -0.25) is 9.59 Å². The molecule has 2 unspecified atom stereocenters. The first-order chi connectivity index (χ1) is 10.7. The number of carbonyl (C=O) groups excluding carboxylic acids is 2. The first-order valence-corrected chi connectivity index (χ1v) is 8.61. The van der Waals surface area contributed by atoms with E-state index in [1.807, 2.05) is 0 Å². The van der Waals surface area contributed by atoms with E-state index < -0.39 is 6.04 Å². The standard InChI is InChI=1S/C17H24BrN3O2/c1-11(20-15(22)12-4-6-13(18)7-5-12)16(23)21-9-8-14(19)17(2,3)10-21/h4-7,11,14H,8-10,19H2,1-3H3,(H,20,22). The topological polar surface area (TPSA) is 75.4 Å². The van der Waals surface area contributed by atoms with Crippen LogP contribution in [0.1, 0.15) is 37.6 Å². The van der Waals surface area contributed by atoms with Crippen LogP contribution in [0.3, 0.4) is 0 Å². The van der Waals surface area contributed by atoms with Gasteiger partial charge in [-0.25, -0.2) is 0 Å². The number of nitrogens with one attached hydrogen (secondary N) is 1. The summed E-state index contributed by atoms with van der Waals surface area (Å²) in [5.41, 5.74) is 6.54. The number of hydrogen-bond donors (Lipinski definition) is 2. The van der Waals surface area contributed by atoms with Gasteiger partial charge in [-0.05, 0) is 43.0 Å². The van der Waals surface area contributed by atoms with Crippen LogP contribution in [-0.4, -0.2) is 41.9 Å². The first kappa shape index (κ1) is 17.9. The monoisotopic (exact) mass is 381 g/mol. The Kier molecular flexibility index (Phi) is 5.47. The third-order valence-corrected chi connectivity index (χ3v) is 4.98. The van der Waals surface area contributed by atoms with Crippen LogP contribution in [-0.2, 0) is 4.79 Å². The summed E-state index contributed by atoms with van der Waals surface area (Å²) in [6, 6.07) is 6.58. The van der Waals surface area contributed by atoms with Crippen molar-refractivity contribution < 1.29 is 9.59 Å². The average molecular weight is 382 g/mol. The van der Waals surface area contributed by atoms with Crippen molar-refractivity contribution in [1.82, 2.24) is 10.2 Å². The molecule has 0 spiro atoms. The number of rotatable bonds is 3. The lowest BCUT2D eigenvalue weighted by molar-refractivity contribution is -0.136. The number of amides is 2. The highest BCUT2D eigenvalue weighted by molar-refractivity contribution is 9.10. The van der Waals surface area contributed by atoms with E-state index in [0.29, 0.717) is 18.7 Å². The summed E-state index contributed by atoms with van der Waals surface area (Å²) in [5, 5.41) is 2.77. The summed E-state index contributed by atoms with van der Waals surface area (Å²) in [6.45, 7) is 7.12. The van der Waals surface area contributed by atoms with E-state index in [1.54, 1.807) is 36.1 Å². The first-order valence-electron chi connectivity index (χ1n) is 7.81. The van der Waals surface area contributed by atoms with Crippen molar-refractivity contribution in [1.29, 1.82) is 0 Å². The number of hydrogen-bond acceptors (Lipinski definition) is 3. The van der Waals surface area contributed by atoms with E-state index in [2.05, 4.69) is 35.1 Å². The van der Waals surface area contributed by atoms with E-state index in [0.717, 1.165) is 10.9 Å². The van der Waals surface area contributed by atoms with E-state index in [-0.39, 0.29) is 23.3 Å². The van der Waals surface area contributed by atoms with Crippen molar-refractivity contribution in [2.24, 2.45) is 11.1 Å². The highest BCUT2D eigenvalue weighted by Gasteiger charge is 2.36. The molecule has 2 atom stereocenters. The molecule has 0 saturated carbocycles. The van der Waals surface area contributed by atoms with Gasteiger partial charge in [0, 0.05) is 29.2 Å². The lowest BCUT2D eigenvalue weighted by Crippen LogP contribution is -2.57. The maximum absolute atomic E-state index is 12.6. The van der Waals surface area contributed by atoms with Crippen LogP contribution in [0, 0.1) is 5.41 Å². The molecule has 0 aromatic heterocycles. The molecule has 1 fully saturated rings. The van der Waals surface area contributed by atoms with Gasteiger partial charge in [-0.1, -0.05) is 29.8 Å². The van der Waals surface area contributed by atoms with Crippen molar-refractivity contribution in [3.05, 3.63) is 34.3 Å². The quantitative estimate of drug-likeness (QED) is 0.841. The zero-order valence-electron chi connectivity index (χ0n) is 13.8. The number of likely N-dealkylation sites (tertiary alicyclic amines) is 1. The molecule has 2 rings (SSSR count). The van der Waals surface area contributed by atoms with Crippen molar-refractivity contribution >= 4 is 27.7 Å². The number of nitrogens with two attached hydrogens (primary N) is 1. The number of carbonyl (C=O) groups is 2. The molecule has 1 aromatic carbocycles. The zero-order chi connectivity index (χ0) is 17.2. The molecular formula is C17H24BrN3O2. The molecule has 23 heavy (non-hydrogen) atoms. The predicted octanol–water partition coefficient (Wildman–Crippen LogP) is 2.15. The zero-order valence-corrected chi connectivity index (χ0v) is 15.4. The van der Waals surface area contributed by atoms with Crippen molar-refractivity contribution in [3.8, 4) is 0 Å². The van der Waals surface area contributed by atoms with Gasteiger partial charge in [0.15, 0.2) is 0 Å². The van der Waals surface area contributed by atoms with E-state index >= 15 is 0 Å². The Bertz CT molecular complexity index is 586. The summed E-state index contributed by atoms with van der Waals surface area (Å²) in [6.07, 6.45) is 0.784. The van der Waals surface area contributed by atoms with Gasteiger partial charge in [-0.15, -0.1) is 0 Å². The Labute approximate surface area is 145 Å². The lowest BCUT2D eigenvalue weighted by atomic mass is 9.79. The summed E-state index contributed by atoms with van der Waals surface area (Å²) in [7, 11) is 0. The summed E-state index contributed by atoms with van der Waals surface area (Å²) in [4.78, 5) is 26.6. The fourth-order valence-electron chi connectivity index (χ4n) is 2.78. The molecule has 1 aromatic rings. The largest absolute Gasteiger partial charge is 0.341 e. The molecular weight excluding hydrogens is 358 g/mol. The SMILES string of the molecule is CC(NC(=O)c1ccc(Br)cc1)C(=O)N1CCC(N)C(C)(C)C1. The minimum Gasteiger partial charge on any atom is -0.341 e. The number of benzene rings is 1. The van der Waals surface area contributed by atoms with Gasteiger partial charge in [0.1, 0.15) is 6.04 Å². The Morgan fingerprint density at radius 1 is 1.35 bits per heavy atom. The molecule has 1 heterocycles. The van der Waals surface area contributed by atoms with Gasteiger partial charge in [0.05, 0.1) is 0 Å². The summed E-state index contributed by atoms with van der Waals surface area (Å²) >= 11 is 3.33. The number of halogens is 1. The van der Waals surface area contributed by atoms with Gasteiger partial charge >= 0.3 is 0 Å². The van der Waals surface area contributed by atoms with Crippen LogP contribution in [0.2, 0.25) is 0 Å². The van der Waals surface area contributed by atoms with Gasteiger partial charge in [-0.2, -0.15) is 0 Å². The average Bonchev–Trinajstić information content (AvgIpc) is 2.49. The summed E-state index contributed by atoms with van der Waals surface area (Å²) < 4.78 is 0.907. The Hall–Kier alpha value is -1.40. The van der Waals surface area contributed by atoms with Crippen LogP contribution in [0.15, 0.2) is 28.7 Å². The third kappa shape index (κ3) is 4.32. The maximum atomic E-state index is 12.6. The minimum absolute atomic E-state index is 0.0598. The number of piperidine rings is 1. The molecule has 0 bridgehead atoms. The Balaban J connectivity index is 1.97. The van der Waals surface area contributed by atoms with Crippen LogP contribution >= 0.6 is 15.9 Å². The van der Waals surface area contributed by atoms with Crippen LogP contribution in [0.4, 0.5) is 0 Å². The molecule has 0 aliphatic carbocycles. The maximum Gasteiger partial charge on any atom is 0.251 e. The van der Waals surface area contributed by atoms with Crippen LogP contribution < -0.4 is 11.1 Å². The third-order valence-electron chi connectivity index (χ3n) is 4.45. The molecule has 1 aliphatic heterocycles. The molecule has 3 N–H and O–H groups in total. The van der Waals surface area contributed by atoms with Crippen molar-refractivity contribution in [2.45, 2.75) is 39.3 Å². The molecule has 2 amide bonds. The highest BCUT2D eigenvalue weighted by atomic mass is 79.9. The fraction of sp³-hybridized carbons (Fsp3) is 0.529. The molecule has 5 nitrogen and oxygen atoms in total. The van der Waals surface area contributed by atoms with Crippen molar-refractivity contribution in [2.75, 3.05) is 13.1 Å². The second kappa shape index (κ2) is 7.01. The molecule has 126 valence electrons. The van der Waals surface area contributed by atoms with Crippen molar-refractivity contribution in [3.63, 3.8) is 0 Å². The Morgan fingerprint density at radius 3 is 2.52 bits per heavy atom. The van der Waals surface area contributed by atoms with Gasteiger partial charge in [0.2, 0.25) is 5.91 Å². The highest BCUT2D eigenvalue weighted by Crippen LogP contribution is 2.28. The molecule has 1 saturated heterocycles. The predicted molar refractivity (Wildman–Crippen MR) is 94.0 cm³/mol. The van der Waals surface area contributed by atoms with Gasteiger partial charge in [0.25, 0.3) is 5.91 Å². The minimum atomic E-state index is -0.559. The van der Waals surface area contributed by atoms with E-state index in [9.17, 15) is 9.59 Å². The normalized spacial score (nSPS) is 21.6. The molecule has 0 radical (unpaired) electrons. The van der Waals surface area contributed by atoms with Crippen LogP contribution in [0.5, 0.6) is 0 Å². The smallest absolute Gasteiger partial charge is 0.251 e. The lowest BCUT2D eigenvalue weighted by Gasteiger charge is -2.43. The number of nitrogens with zero attached hydrogens (tertiary/aromatic N) is 1. The summed E-state index contributed by atoms with van der Waals surface area (Å²) in [5.74, 6) is -0.304. The fourth-order valence-corrected chi connectivity index (χ4v) is 3.04. The second-order valence-electron chi connectivity index (χ2n) is 6.85. The van der Waals surface area contributed by atoms with E-state index in [4.69, 9.17) is 5.73 Å². The second-order valence-corrected chi connectivity index (χ2v) is 7.76. The molecule has 6 heteroatoms.